The van der Waals surface area contributed by atoms with E-state index in [-0.39, 0.29) is 17.2 Å². The number of aromatic carboxylic acids is 1. The lowest BCUT2D eigenvalue weighted by molar-refractivity contribution is -0.255. The van der Waals surface area contributed by atoms with E-state index in [4.69, 9.17) is 4.74 Å². The van der Waals surface area contributed by atoms with Gasteiger partial charge < -0.3 is 14.6 Å². The van der Waals surface area contributed by atoms with E-state index in [0.717, 1.165) is 11.1 Å². The van der Waals surface area contributed by atoms with E-state index < -0.39 is 11.9 Å². The SMILES string of the molecule is Cc1ccc(C2=N/C(=C/c3ccc(C(=O)[O-])cc3)C(=O)O2)cc1. The van der Waals surface area contributed by atoms with Gasteiger partial charge in [-0.1, -0.05) is 42.0 Å². The quantitative estimate of drug-likeness (QED) is 0.638. The number of esters is 1. The van der Waals surface area contributed by atoms with Gasteiger partial charge in [-0.3, -0.25) is 0 Å². The number of ether oxygens (including phenoxy) is 1. The number of rotatable bonds is 3. The molecular weight excluding hydrogens is 294 g/mol. The first-order valence-corrected chi connectivity index (χ1v) is 6.94. The van der Waals surface area contributed by atoms with Gasteiger partial charge in [-0.15, -0.1) is 0 Å². The van der Waals surface area contributed by atoms with Gasteiger partial charge in [0.1, 0.15) is 0 Å². The number of nitrogens with zero attached hydrogens (tertiary/aromatic N) is 1. The van der Waals surface area contributed by atoms with E-state index in [1.807, 2.05) is 31.2 Å². The molecule has 3 rings (SSSR count). The Labute approximate surface area is 132 Å². The van der Waals surface area contributed by atoms with Crippen LogP contribution in [0.25, 0.3) is 6.08 Å². The molecule has 0 amide bonds. The van der Waals surface area contributed by atoms with Crippen LogP contribution in [0.4, 0.5) is 0 Å². The Balaban J connectivity index is 1.88. The molecule has 23 heavy (non-hydrogen) atoms. The van der Waals surface area contributed by atoms with Crippen LogP contribution in [0.3, 0.4) is 0 Å². The van der Waals surface area contributed by atoms with E-state index in [9.17, 15) is 14.7 Å². The lowest BCUT2D eigenvalue weighted by atomic mass is 10.1. The molecule has 1 aliphatic rings. The van der Waals surface area contributed by atoms with Crippen LogP contribution in [-0.4, -0.2) is 17.8 Å². The van der Waals surface area contributed by atoms with Gasteiger partial charge in [0, 0.05) is 5.56 Å². The summed E-state index contributed by atoms with van der Waals surface area (Å²) in [5.74, 6) is -1.53. The summed E-state index contributed by atoms with van der Waals surface area (Å²) in [6, 6.07) is 13.4. The molecular formula is C18H12NO4-. The molecule has 5 heteroatoms. The van der Waals surface area contributed by atoms with Crippen LogP contribution >= 0.6 is 0 Å². The van der Waals surface area contributed by atoms with Gasteiger partial charge in [-0.2, -0.15) is 0 Å². The zero-order chi connectivity index (χ0) is 16.4. The zero-order valence-corrected chi connectivity index (χ0v) is 12.3. The molecule has 0 aromatic heterocycles. The first kappa shape index (κ1) is 14.7. The van der Waals surface area contributed by atoms with E-state index in [0.29, 0.717) is 5.56 Å². The number of aryl methyl sites for hydroxylation is 1. The van der Waals surface area contributed by atoms with Crippen molar-refractivity contribution in [2.75, 3.05) is 0 Å². The summed E-state index contributed by atoms with van der Waals surface area (Å²) in [4.78, 5) is 26.8. The van der Waals surface area contributed by atoms with Crippen molar-refractivity contribution in [2.24, 2.45) is 4.99 Å². The molecule has 0 bridgehead atoms. The van der Waals surface area contributed by atoms with Gasteiger partial charge in [0.15, 0.2) is 5.70 Å². The van der Waals surface area contributed by atoms with Gasteiger partial charge in [0.2, 0.25) is 5.90 Å². The Hall–Kier alpha value is -3.21. The first-order chi connectivity index (χ1) is 11.0. The van der Waals surface area contributed by atoms with Gasteiger partial charge in [-0.25, -0.2) is 9.79 Å². The fourth-order valence-electron chi connectivity index (χ4n) is 2.10. The zero-order valence-electron chi connectivity index (χ0n) is 12.3. The smallest absolute Gasteiger partial charge is 0.363 e. The number of carbonyl (C=O) groups is 2. The first-order valence-electron chi connectivity index (χ1n) is 6.94. The number of aliphatic imine (C=N–C) groups is 1. The Morgan fingerprint density at radius 1 is 1.09 bits per heavy atom. The molecule has 0 saturated heterocycles. The molecule has 0 unspecified atom stereocenters. The highest BCUT2D eigenvalue weighted by atomic mass is 16.6. The summed E-state index contributed by atoms with van der Waals surface area (Å²) < 4.78 is 5.17. The Morgan fingerprint density at radius 2 is 1.74 bits per heavy atom. The third-order valence-corrected chi connectivity index (χ3v) is 3.37. The average Bonchev–Trinajstić information content (AvgIpc) is 2.89. The normalized spacial score (nSPS) is 15.4. The number of hydrogen-bond acceptors (Lipinski definition) is 5. The van der Waals surface area contributed by atoms with E-state index >= 15 is 0 Å². The van der Waals surface area contributed by atoms with Crippen molar-refractivity contribution in [3.05, 3.63) is 76.5 Å². The molecule has 114 valence electrons. The third kappa shape index (κ3) is 3.18. The summed E-state index contributed by atoms with van der Waals surface area (Å²) in [6.07, 6.45) is 1.54. The fourth-order valence-corrected chi connectivity index (χ4v) is 2.10. The van der Waals surface area contributed by atoms with Crippen molar-refractivity contribution in [1.82, 2.24) is 0 Å². The fraction of sp³-hybridized carbons (Fsp3) is 0.0556. The highest BCUT2D eigenvalue weighted by Crippen LogP contribution is 2.19. The van der Waals surface area contributed by atoms with Crippen LogP contribution in [0.15, 0.2) is 59.2 Å². The summed E-state index contributed by atoms with van der Waals surface area (Å²) in [5.41, 5.74) is 2.71. The molecule has 0 N–H and O–H groups in total. The highest BCUT2D eigenvalue weighted by Gasteiger charge is 2.23. The Kier molecular flexibility index (Phi) is 3.76. The minimum atomic E-state index is -1.25. The van der Waals surface area contributed by atoms with Gasteiger partial charge in [0.25, 0.3) is 0 Å². The molecule has 0 aliphatic carbocycles. The van der Waals surface area contributed by atoms with Crippen LogP contribution in [0.5, 0.6) is 0 Å². The van der Waals surface area contributed by atoms with Crippen LogP contribution in [0.1, 0.15) is 27.0 Å². The lowest BCUT2D eigenvalue weighted by Gasteiger charge is -2.01. The number of hydrogen-bond donors (Lipinski definition) is 0. The molecule has 2 aromatic carbocycles. The van der Waals surface area contributed by atoms with E-state index in [1.165, 1.54) is 12.1 Å². The van der Waals surface area contributed by atoms with E-state index in [2.05, 4.69) is 4.99 Å². The third-order valence-electron chi connectivity index (χ3n) is 3.37. The molecule has 1 aliphatic heterocycles. The Morgan fingerprint density at radius 3 is 2.35 bits per heavy atom. The molecule has 0 spiro atoms. The Bertz CT molecular complexity index is 830. The van der Waals surface area contributed by atoms with Crippen molar-refractivity contribution in [1.29, 1.82) is 0 Å². The minimum absolute atomic E-state index is 0.0741. The summed E-state index contributed by atoms with van der Waals surface area (Å²) in [6.45, 7) is 1.97. The number of carboxylic acids is 1. The maximum Gasteiger partial charge on any atom is 0.363 e. The van der Waals surface area contributed by atoms with Crippen LogP contribution in [0.2, 0.25) is 0 Å². The molecule has 0 atom stereocenters. The molecule has 1 heterocycles. The predicted octanol–water partition coefficient (Wildman–Crippen LogP) is 1.70. The predicted molar refractivity (Wildman–Crippen MR) is 82.6 cm³/mol. The monoisotopic (exact) mass is 306 g/mol. The second kappa shape index (κ2) is 5.88. The average molecular weight is 306 g/mol. The minimum Gasteiger partial charge on any atom is -0.545 e. The maximum absolute atomic E-state index is 11.9. The van der Waals surface area contributed by atoms with Crippen LogP contribution < -0.4 is 5.11 Å². The van der Waals surface area contributed by atoms with Gasteiger partial charge in [-0.05, 0) is 36.3 Å². The second-order valence-corrected chi connectivity index (χ2v) is 5.11. The lowest BCUT2D eigenvalue weighted by Crippen LogP contribution is -2.21. The van der Waals surface area contributed by atoms with E-state index in [1.54, 1.807) is 18.2 Å². The molecule has 0 fully saturated rings. The number of carbonyl (C=O) groups excluding carboxylic acids is 2. The second-order valence-electron chi connectivity index (χ2n) is 5.11. The number of benzene rings is 2. The molecule has 5 nitrogen and oxygen atoms in total. The summed E-state index contributed by atoms with van der Waals surface area (Å²) in [7, 11) is 0. The van der Waals surface area contributed by atoms with Crippen molar-refractivity contribution in [3.8, 4) is 0 Å². The summed E-state index contributed by atoms with van der Waals surface area (Å²) >= 11 is 0. The largest absolute Gasteiger partial charge is 0.545 e. The van der Waals surface area contributed by atoms with Crippen LogP contribution in [0, 0.1) is 6.92 Å². The van der Waals surface area contributed by atoms with Crippen LogP contribution in [-0.2, 0) is 9.53 Å². The number of carboxylic acid groups (broad SMARTS) is 1. The van der Waals surface area contributed by atoms with Crippen molar-refractivity contribution < 1.29 is 19.4 Å². The summed E-state index contributed by atoms with van der Waals surface area (Å²) in [5, 5.41) is 10.7. The molecule has 0 saturated carbocycles. The standard InChI is InChI=1S/C18H13NO4/c1-11-2-6-13(7-3-11)16-19-15(18(22)23-16)10-12-4-8-14(9-5-12)17(20)21/h2-10H,1H3,(H,20,21)/p-1/b15-10+. The number of cyclic esters (lactones) is 1. The van der Waals surface area contributed by atoms with Crippen molar-refractivity contribution >= 4 is 23.9 Å². The highest BCUT2D eigenvalue weighted by molar-refractivity contribution is 6.12. The topological polar surface area (TPSA) is 78.8 Å². The van der Waals surface area contributed by atoms with Crippen molar-refractivity contribution in [3.63, 3.8) is 0 Å². The van der Waals surface area contributed by atoms with Gasteiger partial charge >= 0.3 is 5.97 Å². The molecule has 0 radical (unpaired) electrons. The van der Waals surface area contributed by atoms with Gasteiger partial charge in [0.05, 0.1) is 5.97 Å². The molecule has 2 aromatic rings. The maximum atomic E-state index is 11.9. The van der Waals surface area contributed by atoms with Crippen molar-refractivity contribution in [2.45, 2.75) is 6.92 Å².